The SMILES string of the molecule is CCOC(=O)[C@H]1C(=O)C=C(Nc2ccccc2C#N)C[C@H]1c1ccccc1. The van der Waals surface area contributed by atoms with Crippen molar-refractivity contribution in [2.45, 2.75) is 19.3 Å². The Morgan fingerprint density at radius 2 is 1.89 bits per heavy atom. The van der Waals surface area contributed by atoms with Crippen LogP contribution in [0.5, 0.6) is 0 Å². The second-order valence-electron chi connectivity index (χ2n) is 6.31. The van der Waals surface area contributed by atoms with Crippen LogP contribution in [0.15, 0.2) is 66.4 Å². The molecule has 0 fully saturated rings. The predicted octanol–water partition coefficient (Wildman–Crippen LogP) is 3.79. The number of nitrogens with one attached hydrogen (secondary N) is 1. The van der Waals surface area contributed by atoms with Gasteiger partial charge in [-0.05, 0) is 31.0 Å². The molecule has 136 valence electrons. The Morgan fingerprint density at radius 1 is 1.19 bits per heavy atom. The predicted molar refractivity (Wildman–Crippen MR) is 102 cm³/mol. The first kappa shape index (κ1) is 18.4. The average Bonchev–Trinajstić information content (AvgIpc) is 2.68. The van der Waals surface area contributed by atoms with E-state index in [1.54, 1.807) is 25.1 Å². The quantitative estimate of drug-likeness (QED) is 0.648. The fourth-order valence-electron chi connectivity index (χ4n) is 3.35. The molecule has 2 atom stereocenters. The minimum Gasteiger partial charge on any atom is -0.465 e. The Kier molecular flexibility index (Phi) is 5.68. The van der Waals surface area contributed by atoms with Crippen LogP contribution in [0.2, 0.25) is 0 Å². The number of carbonyl (C=O) groups excluding carboxylic acids is 2. The van der Waals surface area contributed by atoms with E-state index < -0.39 is 11.9 Å². The van der Waals surface area contributed by atoms with Crippen LogP contribution in [0.1, 0.15) is 30.4 Å². The first-order chi connectivity index (χ1) is 13.1. The first-order valence-corrected chi connectivity index (χ1v) is 8.86. The molecule has 0 unspecified atom stereocenters. The van der Waals surface area contributed by atoms with Gasteiger partial charge in [-0.2, -0.15) is 5.26 Å². The van der Waals surface area contributed by atoms with Crippen molar-refractivity contribution in [3.05, 3.63) is 77.5 Å². The maximum absolute atomic E-state index is 12.8. The summed E-state index contributed by atoms with van der Waals surface area (Å²) in [4.78, 5) is 25.2. The van der Waals surface area contributed by atoms with E-state index in [1.165, 1.54) is 6.08 Å². The molecule has 5 heteroatoms. The fourth-order valence-corrected chi connectivity index (χ4v) is 3.35. The van der Waals surface area contributed by atoms with Gasteiger partial charge in [-0.25, -0.2) is 0 Å². The van der Waals surface area contributed by atoms with E-state index in [0.717, 1.165) is 5.56 Å². The molecule has 0 radical (unpaired) electrons. The number of allylic oxidation sites excluding steroid dienone is 2. The van der Waals surface area contributed by atoms with Crippen LogP contribution in [0, 0.1) is 17.2 Å². The van der Waals surface area contributed by atoms with Gasteiger partial charge in [0.2, 0.25) is 0 Å². The van der Waals surface area contributed by atoms with Gasteiger partial charge < -0.3 is 10.1 Å². The van der Waals surface area contributed by atoms with Gasteiger partial charge in [-0.15, -0.1) is 0 Å². The van der Waals surface area contributed by atoms with Crippen molar-refractivity contribution < 1.29 is 14.3 Å². The third kappa shape index (κ3) is 4.06. The number of hydrogen-bond acceptors (Lipinski definition) is 5. The van der Waals surface area contributed by atoms with Gasteiger partial charge >= 0.3 is 5.97 Å². The number of ether oxygens (including phenoxy) is 1. The summed E-state index contributed by atoms with van der Waals surface area (Å²) < 4.78 is 5.14. The molecule has 0 saturated heterocycles. The van der Waals surface area contributed by atoms with Crippen molar-refractivity contribution in [2.75, 3.05) is 11.9 Å². The molecule has 27 heavy (non-hydrogen) atoms. The topological polar surface area (TPSA) is 79.2 Å². The van der Waals surface area contributed by atoms with Crippen LogP contribution in [-0.4, -0.2) is 18.4 Å². The van der Waals surface area contributed by atoms with E-state index in [1.807, 2.05) is 36.4 Å². The molecule has 0 bridgehead atoms. The summed E-state index contributed by atoms with van der Waals surface area (Å²) in [6.45, 7) is 1.96. The van der Waals surface area contributed by atoms with E-state index in [0.29, 0.717) is 23.4 Å². The number of rotatable bonds is 5. The summed E-state index contributed by atoms with van der Waals surface area (Å²) in [5, 5.41) is 12.5. The van der Waals surface area contributed by atoms with Gasteiger partial charge in [0, 0.05) is 17.7 Å². The standard InChI is InChI=1S/C22H20N2O3/c1-2-27-22(26)21-18(15-8-4-3-5-9-15)12-17(13-20(21)25)24-19-11-7-6-10-16(19)14-23/h3-11,13,18,21,24H,2,12H2,1H3/t18-,21+/m0/s1. The molecule has 0 heterocycles. The zero-order valence-electron chi connectivity index (χ0n) is 15.0. The van der Waals surface area contributed by atoms with Crippen LogP contribution < -0.4 is 5.32 Å². The second kappa shape index (κ2) is 8.33. The molecule has 0 aromatic heterocycles. The van der Waals surface area contributed by atoms with Gasteiger partial charge in [0.05, 0.1) is 17.9 Å². The lowest BCUT2D eigenvalue weighted by Crippen LogP contribution is -2.35. The lowest BCUT2D eigenvalue weighted by atomic mass is 9.76. The molecular weight excluding hydrogens is 340 g/mol. The number of nitriles is 1. The smallest absolute Gasteiger partial charge is 0.317 e. The highest BCUT2D eigenvalue weighted by Gasteiger charge is 2.39. The largest absolute Gasteiger partial charge is 0.465 e. The first-order valence-electron chi connectivity index (χ1n) is 8.86. The number of esters is 1. The Morgan fingerprint density at radius 3 is 2.59 bits per heavy atom. The molecule has 2 aromatic rings. The van der Waals surface area contributed by atoms with E-state index in [9.17, 15) is 14.9 Å². The molecule has 3 rings (SSSR count). The molecule has 1 aliphatic rings. The van der Waals surface area contributed by atoms with Crippen molar-refractivity contribution in [3.8, 4) is 6.07 Å². The van der Waals surface area contributed by atoms with Crippen molar-refractivity contribution in [1.29, 1.82) is 5.26 Å². The summed E-state index contributed by atoms with van der Waals surface area (Å²) in [6, 6.07) is 18.7. The van der Waals surface area contributed by atoms with Crippen LogP contribution in [0.25, 0.3) is 0 Å². The zero-order chi connectivity index (χ0) is 19.2. The van der Waals surface area contributed by atoms with Crippen molar-refractivity contribution >= 4 is 17.4 Å². The molecular formula is C22H20N2O3. The number of para-hydroxylation sites is 1. The number of anilines is 1. The molecule has 0 amide bonds. The van der Waals surface area contributed by atoms with Gasteiger partial charge in [-0.1, -0.05) is 42.5 Å². The summed E-state index contributed by atoms with van der Waals surface area (Å²) in [7, 11) is 0. The maximum Gasteiger partial charge on any atom is 0.317 e. The van der Waals surface area contributed by atoms with Crippen LogP contribution in [0.3, 0.4) is 0 Å². The van der Waals surface area contributed by atoms with Gasteiger partial charge in [0.25, 0.3) is 0 Å². The van der Waals surface area contributed by atoms with Gasteiger partial charge in [-0.3, -0.25) is 9.59 Å². The highest BCUT2D eigenvalue weighted by Crippen LogP contribution is 2.37. The lowest BCUT2D eigenvalue weighted by molar-refractivity contribution is -0.151. The molecule has 0 saturated carbocycles. The van der Waals surface area contributed by atoms with Gasteiger partial charge in [0.15, 0.2) is 5.78 Å². The third-order valence-electron chi connectivity index (χ3n) is 4.58. The maximum atomic E-state index is 12.8. The minimum absolute atomic E-state index is 0.231. The fraction of sp³-hybridized carbons (Fsp3) is 0.227. The molecule has 1 aliphatic carbocycles. The number of ketones is 1. The van der Waals surface area contributed by atoms with Crippen LogP contribution in [0.4, 0.5) is 5.69 Å². The monoisotopic (exact) mass is 360 g/mol. The molecule has 0 spiro atoms. The van der Waals surface area contributed by atoms with Crippen molar-refractivity contribution in [3.63, 3.8) is 0 Å². The molecule has 2 aromatic carbocycles. The Hall–Kier alpha value is -3.39. The van der Waals surface area contributed by atoms with E-state index in [2.05, 4.69) is 11.4 Å². The van der Waals surface area contributed by atoms with Crippen LogP contribution in [-0.2, 0) is 14.3 Å². The highest BCUT2D eigenvalue weighted by molar-refractivity contribution is 6.07. The molecule has 0 aliphatic heterocycles. The normalized spacial score (nSPS) is 19.0. The zero-order valence-corrected chi connectivity index (χ0v) is 15.0. The highest BCUT2D eigenvalue weighted by atomic mass is 16.5. The van der Waals surface area contributed by atoms with Crippen molar-refractivity contribution in [1.82, 2.24) is 0 Å². The minimum atomic E-state index is -0.857. The number of hydrogen-bond donors (Lipinski definition) is 1. The second-order valence-corrected chi connectivity index (χ2v) is 6.31. The third-order valence-corrected chi connectivity index (χ3v) is 4.58. The molecule has 1 N–H and O–H groups in total. The summed E-state index contributed by atoms with van der Waals surface area (Å²) in [5.41, 5.74) is 2.72. The number of benzene rings is 2. The van der Waals surface area contributed by atoms with Crippen molar-refractivity contribution in [2.24, 2.45) is 5.92 Å². The summed E-state index contributed by atoms with van der Waals surface area (Å²) in [6.07, 6.45) is 1.92. The average molecular weight is 360 g/mol. The lowest BCUT2D eigenvalue weighted by Gasteiger charge is -2.29. The summed E-state index contributed by atoms with van der Waals surface area (Å²) in [5.74, 6) is -1.96. The summed E-state index contributed by atoms with van der Waals surface area (Å²) >= 11 is 0. The van der Waals surface area contributed by atoms with Crippen LogP contribution >= 0.6 is 0 Å². The Bertz CT molecular complexity index is 913. The Balaban J connectivity index is 1.94. The van der Waals surface area contributed by atoms with E-state index in [4.69, 9.17) is 4.74 Å². The van der Waals surface area contributed by atoms with E-state index in [-0.39, 0.29) is 18.3 Å². The Labute approximate surface area is 158 Å². The number of nitrogens with zero attached hydrogens (tertiary/aromatic N) is 1. The number of carbonyl (C=O) groups is 2. The van der Waals surface area contributed by atoms with E-state index >= 15 is 0 Å². The van der Waals surface area contributed by atoms with Gasteiger partial charge in [0.1, 0.15) is 12.0 Å². The molecule has 5 nitrogen and oxygen atoms in total.